The molecule has 3 heteroatoms. The van der Waals surface area contributed by atoms with Crippen molar-refractivity contribution in [2.75, 3.05) is 0 Å². The highest BCUT2D eigenvalue weighted by atomic mass is 79.9. The fourth-order valence-corrected chi connectivity index (χ4v) is 2.94. The first-order valence-electron chi connectivity index (χ1n) is 5.78. The van der Waals surface area contributed by atoms with Crippen LogP contribution >= 0.6 is 15.9 Å². The van der Waals surface area contributed by atoms with Crippen molar-refractivity contribution in [3.63, 3.8) is 0 Å². The fraction of sp³-hybridized carbons (Fsp3) is 0.538. The summed E-state index contributed by atoms with van der Waals surface area (Å²) in [6.45, 7) is 2.22. The van der Waals surface area contributed by atoms with Crippen LogP contribution in [0.3, 0.4) is 0 Å². The second-order valence-corrected chi connectivity index (χ2v) is 5.77. The van der Waals surface area contributed by atoms with Crippen molar-refractivity contribution >= 4 is 15.9 Å². The molecule has 1 fully saturated rings. The molecule has 1 saturated carbocycles. The lowest BCUT2D eigenvalue weighted by Gasteiger charge is -2.33. The Labute approximate surface area is 104 Å². The number of halogens is 2. The first kappa shape index (κ1) is 12.1. The molecular formula is C13H17BrFN. The Morgan fingerprint density at radius 2 is 2.12 bits per heavy atom. The third kappa shape index (κ3) is 2.46. The van der Waals surface area contributed by atoms with Crippen LogP contribution in [-0.4, -0.2) is 6.04 Å². The van der Waals surface area contributed by atoms with E-state index in [-0.39, 0.29) is 17.8 Å². The van der Waals surface area contributed by atoms with Crippen LogP contribution in [0.2, 0.25) is 0 Å². The van der Waals surface area contributed by atoms with Crippen molar-refractivity contribution in [1.29, 1.82) is 0 Å². The maximum Gasteiger partial charge on any atom is 0.126 e. The van der Waals surface area contributed by atoms with E-state index in [0.717, 1.165) is 29.3 Å². The standard InChI is InChI=1S/C13H17BrFN/c1-8-2-5-13(16)11(6-8)10-7-9(14)3-4-12(10)15/h3-4,7-8,11,13H,2,5-6,16H2,1H3. The molecule has 2 N–H and O–H groups in total. The summed E-state index contributed by atoms with van der Waals surface area (Å²) in [6, 6.07) is 5.22. The number of hydrogen-bond donors (Lipinski definition) is 1. The maximum absolute atomic E-state index is 13.8. The molecule has 0 heterocycles. The van der Waals surface area contributed by atoms with Crippen LogP contribution in [-0.2, 0) is 0 Å². The highest BCUT2D eigenvalue weighted by molar-refractivity contribution is 9.10. The van der Waals surface area contributed by atoms with Crippen LogP contribution in [0.25, 0.3) is 0 Å². The first-order valence-corrected chi connectivity index (χ1v) is 6.57. The van der Waals surface area contributed by atoms with Crippen LogP contribution < -0.4 is 5.73 Å². The molecule has 0 bridgehead atoms. The van der Waals surface area contributed by atoms with Gasteiger partial charge in [-0.2, -0.15) is 0 Å². The molecule has 16 heavy (non-hydrogen) atoms. The fourth-order valence-electron chi connectivity index (χ4n) is 2.56. The Hall–Kier alpha value is -0.410. The molecule has 0 spiro atoms. The maximum atomic E-state index is 13.8. The summed E-state index contributed by atoms with van der Waals surface area (Å²) in [5, 5.41) is 0. The molecule has 3 unspecified atom stereocenters. The minimum atomic E-state index is -0.127. The van der Waals surface area contributed by atoms with Crippen LogP contribution in [0.4, 0.5) is 4.39 Å². The lowest BCUT2D eigenvalue weighted by Crippen LogP contribution is -2.34. The molecule has 1 aromatic rings. The highest BCUT2D eigenvalue weighted by Gasteiger charge is 2.29. The molecule has 0 aromatic heterocycles. The Balaban J connectivity index is 2.30. The molecule has 88 valence electrons. The Kier molecular flexibility index (Phi) is 3.65. The van der Waals surface area contributed by atoms with Gasteiger partial charge in [0, 0.05) is 16.4 Å². The second-order valence-electron chi connectivity index (χ2n) is 4.85. The molecule has 3 atom stereocenters. The molecular weight excluding hydrogens is 269 g/mol. The SMILES string of the molecule is CC1CCC(N)C(c2cc(Br)ccc2F)C1. The van der Waals surface area contributed by atoms with Crippen molar-refractivity contribution in [2.24, 2.45) is 11.7 Å². The van der Waals surface area contributed by atoms with Gasteiger partial charge in [-0.3, -0.25) is 0 Å². The van der Waals surface area contributed by atoms with Gasteiger partial charge in [-0.15, -0.1) is 0 Å². The van der Waals surface area contributed by atoms with Gasteiger partial charge in [0.1, 0.15) is 5.82 Å². The summed E-state index contributed by atoms with van der Waals surface area (Å²) in [4.78, 5) is 0. The second kappa shape index (κ2) is 4.84. The van der Waals surface area contributed by atoms with Gasteiger partial charge in [0.05, 0.1) is 0 Å². The largest absolute Gasteiger partial charge is 0.327 e. The van der Waals surface area contributed by atoms with Gasteiger partial charge in [-0.25, -0.2) is 4.39 Å². The average molecular weight is 286 g/mol. The molecule has 1 aromatic carbocycles. The van der Waals surface area contributed by atoms with Crippen LogP contribution in [0, 0.1) is 11.7 Å². The van der Waals surface area contributed by atoms with Crippen LogP contribution in [0.1, 0.15) is 37.7 Å². The molecule has 0 aliphatic heterocycles. The van der Waals surface area contributed by atoms with E-state index < -0.39 is 0 Å². The predicted octanol–water partition coefficient (Wildman–Crippen LogP) is 3.82. The average Bonchev–Trinajstić information content (AvgIpc) is 2.25. The van der Waals surface area contributed by atoms with Crippen LogP contribution in [0.15, 0.2) is 22.7 Å². The number of benzene rings is 1. The Bertz CT molecular complexity index is 380. The summed E-state index contributed by atoms with van der Waals surface area (Å²) in [5.74, 6) is 0.683. The van der Waals surface area contributed by atoms with Crippen molar-refractivity contribution in [2.45, 2.75) is 38.1 Å². The van der Waals surface area contributed by atoms with E-state index in [1.807, 2.05) is 6.07 Å². The van der Waals surface area contributed by atoms with E-state index in [1.165, 1.54) is 6.07 Å². The molecule has 0 saturated heterocycles. The van der Waals surface area contributed by atoms with Gasteiger partial charge in [0.15, 0.2) is 0 Å². The topological polar surface area (TPSA) is 26.0 Å². The smallest absolute Gasteiger partial charge is 0.126 e. The van der Waals surface area contributed by atoms with E-state index in [2.05, 4.69) is 22.9 Å². The number of rotatable bonds is 1. The van der Waals surface area contributed by atoms with Gasteiger partial charge in [0.2, 0.25) is 0 Å². The summed E-state index contributed by atoms with van der Waals surface area (Å²) in [5.41, 5.74) is 6.88. The van der Waals surface area contributed by atoms with Crippen molar-refractivity contribution < 1.29 is 4.39 Å². The quantitative estimate of drug-likeness (QED) is 0.834. The van der Waals surface area contributed by atoms with Crippen molar-refractivity contribution in [3.8, 4) is 0 Å². The summed E-state index contributed by atoms with van der Waals surface area (Å²) >= 11 is 3.39. The lowest BCUT2D eigenvalue weighted by molar-refractivity contribution is 0.301. The van der Waals surface area contributed by atoms with E-state index in [0.29, 0.717) is 5.92 Å². The van der Waals surface area contributed by atoms with E-state index in [1.54, 1.807) is 6.07 Å². The Morgan fingerprint density at radius 1 is 1.38 bits per heavy atom. The lowest BCUT2D eigenvalue weighted by atomic mass is 9.75. The van der Waals surface area contributed by atoms with Crippen LogP contribution in [0.5, 0.6) is 0 Å². The van der Waals surface area contributed by atoms with E-state index >= 15 is 0 Å². The van der Waals surface area contributed by atoms with Gasteiger partial charge in [-0.05, 0) is 48.9 Å². The van der Waals surface area contributed by atoms with E-state index in [4.69, 9.17) is 5.73 Å². The molecule has 1 aliphatic rings. The number of hydrogen-bond acceptors (Lipinski definition) is 1. The third-order valence-electron chi connectivity index (χ3n) is 3.52. The zero-order valence-corrected chi connectivity index (χ0v) is 11.0. The Morgan fingerprint density at radius 3 is 2.88 bits per heavy atom. The predicted molar refractivity (Wildman–Crippen MR) is 67.8 cm³/mol. The first-order chi connectivity index (χ1) is 7.58. The molecule has 0 amide bonds. The van der Waals surface area contributed by atoms with Gasteiger partial charge >= 0.3 is 0 Å². The van der Waals surface area contributed by atoms with Gasteiger partial charge < -0.3 is 5.73 Å². The summed E-state index contributed by atoms with van der Waals surface area (Å²) < 4.78 is 14.7. The highest BCUT2D eigenvalue weighted by Crippen LogP contribution is 2.37. The monoisotopic (exact) mass is 285 g/mol. The molecule has 1 nitrogen and oxygen atoms in total. The minimum absolute atomic E-state index is 0.0972. The summed E-state index contributed by atoms with van der Waals surface area (Å²) in [6.07, 6.45) is 3.15. The van der Waals surface area contributed by atoms with Gasteiger partial charge in [0.25, 0.3) is 0 Å². The number of nitrogens with two attached hydrogens (primary N) is 1. The van der Waals surface area contributed by atoms with Crippen molar-refractivity contribution in [1.82, 2.24) is 0 Å². The molecule has 1 aliphatic carbocycles. The normalized spacial score (nSPS) is 30.4. The molecule has 2 rings (SSSR count). The molecule has 0 radical (unpaired) electrons. The van der Waals surface area contributed by atoms with E-state index in [9.17, 15) is 4.39 Å². The van der Waals surface area contributed by atoms with Gasteiger partial charge in [-0.1, -0.05) is 22.9 Å². The third-order valence-corrected chi connectivity index (χ3v) is 4.02. The zero-order chi connectivity index (χ0) is 11.7. The summed E-state index contributed by atoms with van der Waals surface area (Å²) in [7, 11) is 0. The minimum Gasteiger partial charge on any atom is -0.327 e. The van der Waals surface area contributed by atoms with Crippen molar-refractivity contribution in [3.05, 3.63) is 34.1 Å². The zero-order valence-electron chi connectivity index (χ0n) is 9.42.